The van der Waals surface area contributed by atoms with Crippen LogP contribution in [0.25, 0.3) is 0 Å². The van der Waals surface area contributed by atoms with Crippen LogP contribution in [0.15, 0.2) is 0 Å². The van der Waals surface area contributed by atoms with Gasteiger partial charge < -0.3 is 4.74 Å². The Morgan fingerprint density at radius 2 is 2.00 bits per heavy atom. The summed E-state index contributed by atoms with van der Waals surface area (Å²) in [6, 6.07) is 0. The summed E-state index contributed by atoms with van der Waals surface area (Å²) in [6.07, 6.45) is 2.02. The van der Waals surface area contributed by atoms with Crippen LogP contribution in [-0.4, -0.2) is 26.9 Å². The van der Waals surface area contributed by atoms with Crippen LogP contribution in [0.1, 0.15) is 0 Å². The molecule has 0 N–H and O–H groups in total. The van der Waals surface area contributed by atoms with Crippen LogP contribution in [0.4, 0.5) is 0 Å². The van der Waals surface area contributed by atoms with Crippen LogP contribution < -0.4 is 0 Å². The van der Waals surface area contributed by atoms with E-state index in [4.69, 9.17) is 4.74 Å². The van der Waals surface area contributed by atoms with Crippen molar-refractivity contribution in [3.63, 3.8) is 0 Å². The van der Waals surface area contributed by atoms with Crippen LogP contribution >= 0.6 is 11.8 Å². The third kappa shape index (κ3) is 10.1. The molecule has 0 aliphatic rings. The van der Waals surface area contributed by atoms with Crippen molar-refractivity contribution >= 4 is 19.8 Å². The zero-order chi connectivity index (χ0) is 8.74. The van der Waals surface area contributed by atoms with E-state index < -0.39 is 8.07 Å². The first-order valence-corrected chi connectivity index (χ1v) is 8.52. The largest absolute Gasteiger partial charge is 0.358 e. The Labute approximate surface area is 74.9 Å². The molecule has 11 heavy (non-hydrogen) atoms. The minimum atomic E-state index is -1.17. The molecule has 0 spiro atoms. The van der Waals surface area contributed by atoms with Crippen LogP contribution in [0.2, 0.25) is 19.6 Å². The van der Waals surface area contributed by atoms with Crippen molar-refractivity contribution in [2.75, 3.05) is 18.8 Å². The maximum atomic E-state index is 5.19. The maximum Gasteiger partial charge on any atom is 0.129 e. The first kappa shape index (κ1) is 11.1. The molecule has 0 aromatic heterocycles. The highest BCUT2D eigenvalue weighted by Crippen LogP contribution is 1.96. The normalized spacial score (nSPS) is 10.5. The lowest BCUT2D eigenvalue weighted by atomic mass is 10.8. The second-order valence-electron chi connectivity index (χ2n) is 3.31. The van der Waals surface area contributed by atoms with Crippen molar-refractivity contribution < 1.29 is 4.74 Å². The molecule has 0 rings (SSSR count). The number of thioether (sulfide) groups is 1. The van der Waals surface area contributed by atoms with E-state index in [-0.39, 0.29) is 0 Å². The average Bonchev–Trinajstić information content (AvgIpc) is 1.85. The van der Waals surface area contributed by atoms with E-state index in [0.29, 0.717) is 6.61 Å². The van der Waals surface area contributed by atoms with E-state index >= 15 is 0 Å². The van der Waals surface area contributed by atoms with Gasteiger partial charge in [-0.05, 0) is 6.26 Å². The van der Waals surface area contributed by atoms with Crippen molar-refractivity contribution in [2.45, 2.75) is 19.6 Å². The molecule has 0 saturated heterocycles. The van der Waals surface area contributed by atoms with Crippen LogP contribution in [0, 0.1) is 11.5 Å². The number of hydrogen-bond acceptors (Lipinski definition) is 2. The fourth-order valence-electron chi connectivity index (χ4n) is 0.477. The summed E-state index contributed by atoms with van der Waals surface area (Å²) in [6.45, 7) is 7.28. The molecular weight excluding hydrogens is 172 g/mol. The third-order valence-corrected chi connectivity index (χ3v) is 2.17. The topological polar surface area (TPSA) is 9.23 Å². The van der Waals surface area contributed by atoms with Gasteiger partial charge in [-0.25, -0.2) is 0 Å². The first-order chi connectivity index (χ1) is 5.06. The molecule has 0 aromatic carbocycles. The molecule has 0 saturated carbocycles. The molecule has 0 fully saturated rings. The van der Waals surface area contributed by atoms with Crippen LogP contribution in [0.3, 0.4) is 0 Å². The van der Waals surface area contributed by atoms with Crippen molar-refractivity contribution in [1.82, 2.24) is 0 Å². The van der Waals surface area contributed by atoms with E-state index in [1.54, 1.807) is 11.8 Å². The minimum Gasteiger partial charge on any atom is -0.358 e. The lowest BCUT2D eigenvalue weighted by Crippen LogP contribution is -2.16. The summed E-state index contributed by atoms with van der Waals surface area (Å²) in [5.41, 5.74) is 3.24. The molecule has 0 atom stereocenters. The number of rotatable bonds is 3. The summed E-state index contributed by atoms with van der Waals surface area (Å²) >= 11 is 1.68. The Balaban J connectivity index is 3.41. The smallest absolute Gasteiger partial charge is 0.129 e. The van der Waals surface area contributed by atoms with Crippen LogP contribution in [0.5, 0.6) is 0 Å². The molecule has 0 aliphatic heterocycles. The molecule has 0 aliphatic carbocycles. The zero-order valence-electron chi connectivity index (χ0n) is 7.73. The van der Waals surface area contributed by atoms with Crippen molar-refractivity contribution in [2.24, 2.45) is 0 Å². The van der Waals surface area contributed by atoms with Gasteiger partial charge in [-0.15, -0.1) is 17.3 Å². The number of hydrogen-bond donors (Lipinski definition) is 0. The Morgan fingerprint density at radius 1 is 1.36 bits per heavy atom. The van der Waals surface area contributed by atoms with Gasteiger partial charge in [0.25, 0.3) is 0 Å². The molecule has 0 unspecified atom stereocenters. The van der Waals surface area contributed by atoms with E-state index in [9.17, 15) is 0 Å². The average molecular weight is 188 g/mol. The third-order valence-electron chi connectivity index (χ3n) is 0.839. The second-order valence-corrected chi connectivity index (χ2v) is 8.87. The molecule has 0 heterocycles. The predicted molar refractivity (Wildman–Crippen MR) is 55.5 cm³/mol. The minimum absolute atomic E-state index is 0.588. The highest BCUT2D eigenvalue weighted by atomic mass is 32.2. The van der Waals surface area contributed by atoms with Crippen LogP contribution in [-0.2, 0) is 4.74 Å². The molecule has 0 aromatic rings. The number of ether oxygens (including phenoxy) is 1. The molecule has 0 bridgehead atoms. The fourth-order valence-corrected chi connectivity index (χ4v) is 1.33. The summed E-state index contributed by atoms with van der Waals surface area (Å²) < 4.78 is 5.19. The molecular formula is C8H16OSSi. The van der Waals surface area contributed by atoms with Crippen molar-refractivity contribution in [1.29, 1.82) is 0 Å². The molecule has 1 nitrogen and oxygen atoms in total. The Kier molecular flexibility index (Phi) is 5.75. The van der Waals surface area contributed by atoms with E-state index in [1.165, 1.54) is 0 Å². The summed E-state index contributed by atoms with van der Waals surface area (Å²) in [5, 5.41) is 0. The van der Waals surface area contributed by atoms with Gasteiger partial charge >= 0.3 is 0 Å². The van der Waals surface area contributed by atoms with Gasteiger partial charge in [0.15, 0.2) is 0 Å². The molecule has 0 radical (unpaired) electrons. The molecule has 0 amide bonds. The summed E-state index contributed by atoms with van der Waals surface area (Å²) in [7, 11) is -1.17. The first-order valence-electron chi connectivity index (χ1n) is 3.63. The van der Waals surface area contributed by atoms with Gasteiger partial charge in [-0.2, -0.15) is 0 Å². The Hall–Kier alpha value is 0.0869. The van der Waals surface area contributed by atoms with Gasteiger partial charge in [-0.3, -0.25) is 0 Å². The second kappa shape index (κ2) is 5.70. The quantitative estimate of drug-likeness (QED) is 0.291. The highest BCUT2D eigenvalue weighted by molar-refractivity contribution is 7.98. The highest BCUT2D eigenvalue weighted by Gasteiger charge is 2.06. The Bertz CT molecular complexity index is 152. The molecule has 64 valence electrons. The monoisotopic (exact) mass is 188 g/mol. The lowest BCUT2D eigenvalue weighted by molar-refractivity contribution is 0.222. The maximum absolute atomic E-state index is 5.19. The fraction of sp³-hybridized carbons (Fsp3) is 0.750. The van der Waals surface area contributed by atoms with Gasteiger partial charge in [0.2, 0.25) is 0 Å². The Morgan fingerprint density at radius 3 is 2.45 bits per heavy atom. The van der Waals surface area contributed by atoms with Gasteiger partial charge in [0.05, 0.1) is 5.94 Å². The van der Waals surface area contributed by atoms with Crippen molar-refractivity contribution in [3.8, 4) is 11.5 Å². The van der Waals surface area contributed by atoms with Crippen molar-refractivity contribution in [3.05, 3.63) is 0 Å². The van der Waals surface area contributed by atoms with Gasteiger partial charge in [-0.1, -0.05) is 25.6 Å². The van der Waals surface area contributed by atoms with E-state index in [2.05, 4.69) is 31.1 Å². The molecule has 3 heteroatoms. The lowest BCUT2D eigenvalue weighted by Gasteiger charge is -2.03. The van der Waals surface area contributed by atoms with E-state index in [1.807, 2.05) is 6.26 Å². The standard InChI is InChI=1S/C8H16OSSi/c1-10-8-9-6-5-7-11(2,3)4/h6,8H2,1-4H3. The van der Waals surface area contributed by atoms with E-state index in [0.717, 1.165) is 5.94 Å². The van der Waals surface area contributed by atoms with Gasteiger partial charge in [0.1, 0.15) is 14.7 Å². The zero-order valence-corrected chi connectivity index (χ0v) is 9.55. The predicted octanol–water partition coefficient (Wildman–Crippen LogP) is 2.20. The summed E-state index contributed by atoms with van der Waals surface area (Å²) in [5.74, 6) is 3.79. The van der Waals surface area contributed by atoms with Gasteiger partial charge in [0, 0.05) is 0 Å². The SMILES string of the molecule is CSCOCC#C[Si](C)(C)C. The summed E-state index contributed by atoms with van der Waals surface area (Å²) in [4.78, 5) is 0.